The van der Waals surface area contributed by atoms with E-state index in [9.17, 15) is 9.00 Å². The average molecular weight is 748 g/mol. The Morgan fingerprint density at radius 1 is 0.980 bits per heavy atom. The van der Waals surface area contributed by atoms with Gasteiger partial charge in [-0.15, -0.1) is 0 Å². The topological polar surface area (TPSA) is 98.4 Å². The van der Waals surface area contributed by atoms with Crippen molar-refractivity contribution in [2.75, 3.05) is 66.1 Å². The summed E-state index contributed by atoms with van der Waals surface area (Å²) in [5.41, 5.74) is 4.00. The first-order valence-electron chi connectivity index (χ1n) is 18.9. The van der Waals surface area contributed by atoms with Crippen LogP contribution in [0.1, 0.15) is 93.1 Å². The Balaban J connectivity index is 0.000000909. The van der Waals surface area contributed by atoms with E-state index in [0.29, 0.717) is 29.9 Å². The number of methoxy groups -OCH3 is 1. The number of hydrogen-bond donors (Lipinski definition) is 2. The number of ether oxygens (including phenoxy) is 4. The van der Waals surface area contributed by atoms with E-state index in [1.807, 2.05) is 39.2 Å². The van der Waals surface area contributed by atoms with Crippen LogP contribution in [-0.4, -0.2) is 82.9 Å². The van der Waals surface area contributed by atoms with Crippen molar-refractivity contribution in [2.24, 2.45) is 23.7 Å². The van der Waals surface area contributed by atoms with Gasteiger partial charge in [-0.2, -0.15) is 0 Å². The van der Waals surface area contributed by atoms with Crippen molar-refractivity contribution in [1.29, 1.82) is 0 Å². The molecule has 0 radical (unpaired) electrons. The Kier molecular flexibility index (Phi) is 17.0. The average Bonchev–Trinajstić information content (AvgIpc) is 3.29. The van der Waals surface area contributed by atoms with Crippen LogP contribution in [-0.2, 0) is 31.6 Å². The van der Waals surface area contributed by atoms with Gasteiger partial charge in [-0.05, 0) is 119 Å². The summed E-state index contributed by atoms with van der Waals surface area (Å²) >= 11 is 6.45. The van der Waals surface area contributed by atoms with Gasteiger partial charge in [0.15, 0.2) is 6.29 Å². The summed E-state index contributed by atoms with van der Waals surface area (Å²) in [5, 5.41) is 3.36. The molecule has 4 aliphatic rings. The molecule has 2 aromatic rings. The van der Waals surface area contributed by atoms with Gasteiger partial charge in [0.05, 0.1) is 30.8 Å². The molecular formula is C40H62ClN3O6S. The van der Waals surface area contributed by atoms with E-state index < -0.39 is 11.0 Å². The molecule has 9 nitrogen and oxygen atoms in total. The number of anilines is 1. The number of halogens is 1. The minimum Gasteiger partial charge on any atom is -0.491 e. The van der Waals surface area contributed by atoms with Gasteiger partial charge in [-0.3, -0.25) is 9.52 Å². The third kappa shape index (κ3) is 11.2. The van der Waals surface area contributed by atoms with Crippen molar-refractivity contribution in [3.8, 4) is 5.75 Å². The fourth-order valence-corrected chi connectivity index (χ4v) is 9.03. The van der Waals surface area contributed by atoms with Crippen LogP contribution < -0.4 is 19.7 Å². The van der Waals surface area contributed by atoms with Gasteiger partial charge >= 0.3 is 0 Å². The molecule has 5 unspecified atom stereocenters. The van der Waals surface area contributed by atoms with Crippen LogP contribution in [0.25, 0.3) is 0 Å². The third-order valence-electron chi connectivity index (χ3n) is 10.7. The quantitative estimate of drug-likeness (QED) is 0.335. The van der Waals surface area contributed by atoms with Crippen molar-refractivity contribution >= 4 is 34.2 Å². The number of carbonyl (C=O) groups is 1. The van der Waals surface area contributed by atoms with Gasteiger partial charge in [0, 0.05) is 49.7 Å². The molecule has 286 valence electrons. The molecule has 51 heavy (non-hydrogen) atoms. The second-order valence-corrected chi connectivity index (χ2v) is 16.5. The normalized spacial score (nSPS) is 28.6. The zero-order valence-electron chi connectivity index (χ0n) is 31.9. The fraction of sp³-hybridized carbons (Fsp3) is 0.675. The third-order valence-corrected chi connectivity index (χ3v) is 12.5. The molecule has 7 atom stereocenters. The molecular weight excluding hydrogens is 686 g/mol. The van der Waals surface area contributed by atoms with Gasteiger partial charge in [0.25, 0.3) is 5.91 Å². The zero-order chi connectivity index (χ0) is 36.9. The van der Waals surface area contributed by atoms with Crippen LogP contribution in [0, 0.1) is 23.7 Å². The number of fused-ring (bicyclic) bond motifs is 2. The van der Waals surface area contributed by atoms with Crippen LogP contribution in [0.3, 0.4) is 0 Å². The molecule has 3 heterocycles. The summed E-state index contributed by atoms with van der Waals surface area (Å²) in [6, 6.07) is 11.9. The first kappa shape index (κ1) is 41.5. The number of hydrogen-bond acceptors (Lipinski definition) is 8. The van der Waals surface area contributed by atoms with Gasteiger partial charge < -0.3 is 29.2 Å². The molecule has 1 amide bonds. The maximum Gasteiger partial charge on any atom is 0.263 e. The zero-order valence-corrected chi connectivity index (χ0v) is 33.5. The number of nitrogens with one attached hydrogen (secondary N) is 2. The van der Waals surface area contributed by atoms with Gasteiger partial charge in [0.2, 0.25) is 0 Å². The summed E-state index contributed by atoms with van der Waals surface area (Å²) in [6.07, 6.45) is 8.14. The smallest absolute Gasteiger partial charge is 0.263 e. The van der Waals surface area contributed by atoms with Gasteiger partial charge in [-0.25, -0.2) is 4.21 Å². The lowest BCUT2D eigenvalue weighted by Crippen LogP contribution is -2.47. The van der Waals surface area contributed by atoms with E-state index in [2.05, 4.69) is 45.7 Å². The first-order valence-corrected chi connectivity index (χ1v) is 20.5. The van der Waals surface area contributed by atoms with Crippen molar-refractivity contribution in [3.63, 3.8) is 0 Å². The lowest BCUT2D eigenvalue weighted by molar-refractivity contribution is -0.224. The van der Waals surface area contributed by atoms with Crippen LogP contribution >= 0.6 is 11.6 Å². The number of aryl methyl sites for hydroxylation is 1. The Hall–Kier alpha value is -2.21. The number of benzene rings is 2. The van der Waals surface area contributed by atoms with Crippen LogP contribution in [0.4, 0.5) is 5.69 Å². The minimum atomic E-state index is -1.49. The molecule has 2 aromatic carbocycles. The molecule has 2 fully saturated rings. The first-order chi connectivity index (χ1) is 24.6. The summed E-state index contributed by atoms with van der Waals surface area (Å²) in [6.45, 7) is 10.0. The van der Waals surface area contributed by atoms with E-state index in [4.69, 9.17) is 25.8 Å². The molecule has 1 saturated heterocycles. The molecule has 2 N–H and O–H groups in total. The highest BCUT2D eigenvalue weighted by molar-refractivity contribution is 7.84. The predicted octanol–water partition coefficient (Wildman–Crippen LogP) is 7.38. The number of nitrogens with zero attached hydrogens (tertiary/aromatic N) is 1. The maximum absolute atomic E-state index is 13.4. The van der Waals surface area contributed by atoms with Crippen molar-refractivity contribution in [1.82, 2.24) is 10.0 Å². The highest BCUT2D eigenvalue weighted by Crippen LogP contribution is 2.47. The Morgan fingerprint density at radius 3 is 2.37 bits per heavy atom. The van der Waals surface area contributed by atoms with E-state index in [-0.39, 0.29) is 29.3 Å². The molecule has 1 saturated carbocycles. The van der Waals surface area contributed by atoms with E-state index >= 15 is 0 Å². The van der Waals surface area contributed by atoms with Crippen molar-refractivity contribution < 1.29 is 28.0 Å². The van der Waals surface area contributed by atoms with Crippen molar-refractivity contribution in [3.05, 3.63) is 58.1 Å². The lowest BCUT2D eigenvalue weighted by atomic mass is 9.65. The molecule has 6 rings (SSSR count). The maximum atomic E-state index is 13.4. The predicted molar refractivity (Wildman–Crippen MR) is 208 cm³/mol. The molecule has 0 spiro atoms. The fourth-order valence-electron chi connectivity index (χ4n) is 7.79. The molecule has 2 bridgehead atoms. The summed E-state index contributed by atoms with van der Waals surface area (Å²) in [5.74, 6) is 2.17. The monoisotopic (exact) mass is 747 g/mol. The number of carbonyl (C=O) groups excluding carboxylic acids is 1. The van der Waals surface area contributed by atoms with E-state index in [1.54, 1.807) is 20.3 Å². The van der Waals surface area contributed by atoms with Gasteiger partial charge in [-0.1, -0.05) is 44.4 Å². The van der Waals surface area contributed by atoms with E-state index in [0.717, 1.165) is 81.3 Å². The minimum absolute atomic E-state index is 0.147. The SMILES string of the molecule is CCCc1cc(Cl)ccc1C1COc2ccc3cc2N(C1)CC1CCC1[C@H](C1OCCCO1)CCCC(C)[C@H](C)S(=O)NC3=O.CNC.COC. The summed E-state index contributed by atoms with van der Waals surface area (Å²) in [4.78, 5) is 15.9. The van der Waals surface area contributed by atoms with Crippen LogP contribution in [0.15, 0.2) is 36.4 Å². The molecule has 3 aliphatic heterocycles. The van der Waals surface area contributed by atoms with Crippen LogP contribution in [0.2, 0.25) is 5.02 Å². The lowest BCUT2D eigenvalue weighted by Gasteiger charge is -2.47. The molecule has 1 aliphatic carbocycles. The highest BCUT2D eigenvalue weighted by Gasteiger charge is 2.43. The second kappa shape index (κ2) is 20.9. The summed E-state index contributed by atoms with van der Waals surface area (Å²) < 4.78 is 39.4. The van der Waals surface area contributed by atoms with Gasteiger partial charge in [0.1, 0.15) is 16.7 Å². The molecule has 11 heteroatoms. The van der Waals surface area contributed by atoms with Crippen LogP contribution in [0.5, 0.6) is 5.75 Å². The Bertz CT molecular complexity index is 1410. The summed E-state index contributed by atoms with van der Waals surface area (Å²) in [7, 11) is 5.51. The number of rotatable bonds is 4. The largest absolute Gasteiger partial charge is 0.491 e. The Labute approximate surface area is 314 Å². The molecule has 0 aromatic heterocycles. The van der Waals surface area contributed by atoms with E-state index in [1.165, 1.54) is 24.0 Å². The highest BCUT2D eigenvalue weighted by atomic mass is 35.5. The second-order valence-electron chi connectivity index (χ2n) is 14.6. The van der Waals surface area contributed by atoms with Crippen molar-refractivity contribution in [2.45, 2.75) is 89.6 Å². The Morgan fingerprint density at radius 2 is 1.71 bits per heavy atom. The number of amides is 1. The standard InChI is InChI=1S/C36H49ClN2O5S.C2H7N.C2H6O/c1-4-7-25-18-29(37)12-14-30(25)28-21-39-20-27-10-13-31(27)32(36-42-16-6-17-43-36)9-5-8-23(2)24(3)45(41)38-35(40)26-11-15-34(44-22-28)33(39)19-26;2*1-3-2/h11-12,14-15,18-19,23-24,27-28,31-32,36H,4-10,13,16-17,20-22H2,1-3H3,(H,38,40);3H,1-2H3;1-2H3/t23?,24-,27?,28?,31?,32+,45?;;/m0../s1.